The van der Waals surface area contributed by atoms with Gasteiger partial charge in [-0.05, 0) is 56.0 Å². The lowest BCUT2D eigenvalue weighted by Gasteiger charge is -2.22. The van der Waals surface area contributed by atoms with Crippen molar-refractivity contribution in [1.29, 1.82) is 0 Å². The molecule has 2 nitrogen and oxygen atoms in total. The molecule has 0 saturated carbocycles. The summed E-state index contributed by atoms with van der Waals surface area (Å²) < 4.78 is 5.70. The number of hydrogen-bond acceptors (Lipinski definition) is 2. The van der Waals surface area contributed by atoms with Crippen LogP contribution in [0.15, 0.2) is 18.2 Å². The fourth-order valence-corrected chi connectivity index (χ4v) is 2.70. The Morgan fingerprint density at radius 1 is 1.22 bits per heavy atom. The molecule has 1 heterocycles. The molecule has 1 aliphatic heterocycles. The molecule has 1 saturated heterocycles. The van der Waals surface area contributed by atoms with Gasteiger partial charge in [0, 0.05) is 16.7 Å². The van der Waals surface area contributed by atoms with Gasteiger partial charge in [-0.1, -0.05) is 29.3 Å². The van der Waals surface area contributed by atoms with Crippen molar-refractivity contribution < 1.29 is 4.74 Å². The van der Waals surface area contributed by atoms with E-state index in [0.29, 0.717) is 16.7 Å². The van der Waals surface area contributed by atoms with E-state index < -0.39 is 0 Å². The first-order chi connectivity index (χ1) is 8.75. The molecule has 0 radical (unpaired) electrons. The fraction of sp³-hybridized carbons (Fsp3) is 0.571. The molecule has 0 unspecified atom stereocenters. The third kappa shape index (κ3) is 4.43. The highest BCUT2D eigenvalue weighted by Gasteiger charge is 2.12. The maximum absolute atomic E-state index is 6.08. The molecular formula is C14H19Cl2NO. The summed E-state index contributed by atoms with van der Waals surface area (Å²) in [5.41, 5.74) is 1.01. The Bertz CT molecular complexity index is 378. The summed E-state index contributed by atoms with van der Waals surface area (Å²) in [4.78, 5) is 0. The van der Waals surface area contributed by atoms with Crippen molar-refractivity contribution in [3.8, 4) is 0 Å². The molecule has 100 valence electrons. The molecular weight excluding hydrogens is 269 g/mol. The lowest BCUT2D eigenvalue weighted by Crippen LogP contribution is -2.28. The summed E-state index contributed by atoms with van der Waals surface area (Å²) in [5.74, 6) is 0.812. The van der Waals surface area contributed by atoms with Gasteiger partial charge in [-0.2, -0.15) is 0 Å². The van der Waals surface area contributed by atoms with E-state index in [0.717, 1.165) is 37.6 Å². The van der Waals surface area contributed by atoms with Gasteiger partial charge >= 0.3 is 0 Å². The number of hydrogen-bond donors (Lipinski definition) is 1. The number of nitrogens with one attached hydrogen (secondary N) is 1. The van der Waals surface area contributed by atoms with Gasteiger partial charge in [0.2, 0.25) is 0 Å². The van der Waals surface area contributed by atoms with Crippen molar-refractivity contribution in [3.63, 3.8) is 0 Å². The minimum absolute atomic E-state index is 0.570. The van der Waals surface area contributed by atoms with Crippen molar-refractivity contribution in [3.05, 3.63) is 33.8 Å². The molecule has 0 bridgehead atoms. The van der Waals surface area contributed by atoms with Crippen LogP contribution in [0.25, 0.3) is 0 Å². The zero-order chi connectivity index (χ0) is 12.8. The Morgan fingerprint density at radius 3 is 2.72 bits per heavy atom. The van der Waals surface area contributed by atoms with E-state index in [1.165, 1.54) is 12.8 Å². The van der Waals surface area contributed by atoms with Crippen molar-refractivity contribution in [1.82, 2.24) is 5.32 Å². The largest absolute Gasteiger partial charge is 0.377 e. The van der Waals surface area contributed by atoms with E-state index in [2.05, 4.69) is 5.32 Å². The van der Waals surface area contributed by atoms with Gasteiger partial charge in [-0.3, -0.25) is 0 Å². The third-order valence-electron chi connectivity index (χ3n) is 3.40. The molecule has 1 aromatic carbocycles. The number of ether oxygens (including phenoxy) is 1. The number of rotatable bonds is 5. The van der Waals surface area contributed by atoms with E-state index >= 15 is 0 Å². The lowest BCUT2D eigenvalue weighted by atomic mass is 9.95. The molecule has 1 N–H and O–H groups in total. The number of benzene rings is 1. The molecule has 0 aliphatic carbocycles. The van der Waals surface area contributed by atoms with E-state index in [9.17, 15) is 0 Å². The molecule has 0 amide bonds. The Kier molecular flexibility index (Phi) is 5.77. The number of piperidine rings is 1. The predicted molar refractivity (Wildman–Crippen MR) is 76.3 cm³/mol. The quantitative estimate of drug-likeness (QED) is 0.830. The second-order valence-corrected chi connectivity index (χ2v) is 5.61. The smallest absolute Gasteiger partial charge is 0.0731 e. The first-order valence-corrected chi connectivity index (χ1v) is 7.23. The van der Waals surface area contributed by atoms with E-state index in [4.69, 9.17) is 27.9 Å². The molecule has 0 atom stereocenters. The van der Waals surface area contributed by atoms with Gasteiger partial charge in [0.25, 0.3) is 0 Å². The first-order valence-electron chi connectivity index (χ1n) is 6.48. The molecule has 1 aliphatic rings. The average molecular weight is 288 g/mol. The summed E-state index contributed by atoms with van der Waals surface area (Å²) in [5, 5.41) is 4.72. The first kappa shape index (κ1) is 14.1. The van der Waals surface area contributed by atoms with Gasteiger partial charge in [0.15, 0.2) is 0 Å². The Morgan fingerprint density at radius 2 is 2.00 bits per heavy atom. The zero-order valence-electron chi connectivity index (χ0n) is 10.4. The molecule has 2 rings (SSSR count). The van der Waals surface area contributed by atoms with Crippen LogP contribution in [0.5, 0.6) is 0 Å². The monoisotopic (exact) mass is 287 g/mol. The Balaban J connectivity index is 1.68. The van der Waals surface area contributed by atoms with Crippen LogP contribution in [0.2, 0.25) is 10.0 Å². The standard InChI is InChI=1S/C14H19Cl2NO/c15-13-2-1-12(14(16)9-13)10-18-8-5-11-3-6-17-7-4-11/h1-2,9,11,17H,3-8,10H2. The molecule has 18 heavy (non-hydrogen) atoms. The topological polar surface area (TPSA) is 21.3 Å². The zero-order valence-corrected chi connectivity index (χ0v) is 11.9. The van der Waals surface area contributed by atoms with Crippen molar-refractivity contribution >= 4 is 23.2 Å². The van der Waals surface area contributed by atoms with Crippen LogP contribution in [0.4, 0.5) is 0 Å². The Hall–Kier alpha value is -0.280. The lowest BCUT2D eigenvalue weighted by molar-refractivity contribution is 0.103. The second-order valence-electron chi connectivity index (χ2n) is 4.77. The van der Waals surface area contributed by atoms with Gasteiger partial charge in [0.05, 0.1) is 6.61 Å². The SMILES string of the molecule is Clc1ccc(COCCC2CCNCC2)c(Cl)c1. The van der Waals surface area contributed by atoms with Crippen LogP contribution < -0.4 is 5.32 Å². The molecule has 1 aromatic rings. The van der Waals surface area contributed by atoms with E-state index in [1.54, 1.807) is 6.07 Å². The maximum atomic E-state index is 6.08. The van der Waals surface area contributed by atoms with E-state index in [-0.39, 0.29) is 0 Å². The summed E-state index contributed by atoms with van der Waals surface area (Å²) in [6, 6.07) is 5.53. The predicted octanol–water partition coefficient (Wildman–Crippen LogP) is 3.90. The minimum atomic E-state index is 0.570. The van der Waals surface area contributed by atoms with Gasteiger partial charge < -0.3 is 10.1 Å². The highest BCUT2D eigenvalue weighted by Crippen LogP contribution is 2.22. The van der Waals surface area contributed by atoms with Gasteiger partial charge in [0.1, 0.15) is 0 Å². The summed E-state index contributed by atoms with van der Waals surface area (Å²) in [6.07, 6.45) is 3.68. The highest BCUT2D eigenvalue weighted by atomic mass is 35.5. The average Bonchev–Trinajstić information content (AvgIpc) is 2.38. The second kappa shape index (κ2) is 7.34. The van der Waals surface area contributed by atoms with E-state index in [1.807, 2.05) is 12.1 Å². The van der Waals surface area contributed by atoms with Gasteiger partial charge in [-0.25, -0.2) is 0 Å². The van der Waals surface area contributed by atoms with Gasteiger partial charge in [-0.15, -0.1) is 0 Å². The summed E-state index contributed by atoms with van der Waals surface area (Å²) in [6.45, 7) is 3.67. The fourth-order valence-electron chi connectivity index (χ4n) is 2.24. The van der Waals surface area contributed by atoms with Crippen LogP contribution in [0.3, 0.4) is 0 Å². The van der Waals surface area contributed by atoms with Crippen molar-refractivity contribution in [2.24, 2.45) is 5.92 Å². The van der Waals surface area contributed by atoms with Crippen LogP contribution in [-0.2, 0) is 11.3 Å². The van der Waals surface area contributed by atoms with Crippen molar-refractivity contribution in [2.75, 3.05) is 19.7 Å². The molecule has 0 aromatic heterocycles. The maximum Gasteiger partial charge on any atom is 0.0731 e. The van der Waals surface area contributed by atoms with Crippen molar-refractivity contribution in [2.45, 2.75) is 25.9 Å². The number of halogens is 2. The van der Waals surface area contributed by atoms with Crippen LogP contribution >= 0.6 is 23.2 Å². The molecule has 4 heteroatoms. The minimum Gasteiger partial charge on any atom is -0.377 e. The van der Waals surface area contributed by atoms with Crippen LogP contribution in [0, 0.1) is 5.92 Å². The third-order valence-corrected chi connectivity index (χ3v) is 3.99. The van der Waals surface area contributed by atoms with Crippen LogP contribution in [-0.4, -0.2) is 19.7 Å². The summed E-state index contributed by atoms with van der Waals surface area (Å²) >= 11 is 11.9. The molecule has 0 spiro atoms. The molecule has 1 fully saturated rings. The normalized spacial score (nSPS) is 17.0. The van der Waals surface area contributed by atoms with Crippen LogP contribution in [0.1, 0.15) is 24.8 Å². The summed E-state index contributed by atoms with van der Waals surface area (Å²) in [7, 11) is 0. The highest BCUT2D eigenvalue weighted by molar-refractivity contribution is 6.35. The Labute approximate surface area is 119 Å².